The molecule has 1 aliphatic rings. The van der Waals surface area contributed by atoms with Crippen molar-refractivity contribution < 1.29 is 9.59 Å². The van der Waals surface area contributed by atoms with Gasteiger partial charge in [0.15, 0.2) is 0 Å². The molecule has 1 aliphatic carbocycles. The van der Waals surface area contributed by atoms with E-state index in [2.05, 4.69) is 26.6 Å². The van der Waals surface area contributed by atoms with Crippen LogP contribution in [0.5, 0.6) is 0 Å². The van der Waals surface area contributed by atoms with Crippen LogP contribution in [-0.4, -0.2) is 17.9 Å². The van der Waals surface area contributed by atoms with Gasteiger partial charge in [0, 0.05) is 16.2 Å². The van der Waals surface area contributed by atoms with Crippen molar-refractivity contribution in [3.63, 3.8) is 0 Å². The van der Waals surface area contributed by atoms with Crippen molar-refractivity contribution in [2.75, 3.05) is 5.32 Å². The molecule has 0 saturated heterocycles. The molecule has 0 bridgehead atoms. The van der Waals surface area contributed by atoms with Crippen molar-refractivity contribution in [2.24, 2.45) is 5.41 Å². The van der Waals surface area contributed by atoms with Gasteiger partial charge in [0.1, 0.15) is 5.41 Å². The number of hydrogen-bond donors (Lipinski definition) is 2. The van der Waals surface area contributed by atoms with E-state index in [1.165, 1.54) is 0 Å². The fourth-order valence-corrected chi connectivity index (χ4v) is 2.22. The first-order valence-corrected chi connectivity index (χ1v) is 7.48. The highest BCUT2D eigenvalue weighted by Crippen LogP contribution is 2.26. The Morgan fingerprint density at radius 2 is 1.90 bits per heavy atom. The van der Waals surface area contributed by atoms with Crippen molar-refractivity contribution >= 4 is 33.4 Å². The van der Waals surface area contributed by atoms with E-state index < -0.39 is 5.41 Å². The average molecular weight is 339 g/mol. The van der Waals surface area contributed by atoms with Gasteiger partial charge < -0.3 is 10.6 Å². The maximum atomic E-state index is 12.3. The van der Waals surface area contributed by atoms with E-state index in [1.54, 1.807) is 13.8 Å². The van der Waals surface area contributed by atoms with Crippen molar-refractivity contribution in [1.82, 2.24) is 5.32 Å². The fraction of sp³-hybridized carbons (Fsp3) is 0.467. The SMILES string of the molecule is Cc1cc(Br)ccc1NC(=O)C(C)(C)C(=O)NC1CC1. The quantitative estimate of drug-likeness (QED) is 0.829. The van der Waals surface area contributed by atoms with Crippen LogP contribution in [0.15, 0.2) is 22.7 Å². The Balaban J connectivity index is 2.07. The van der Waals surface area contributed by atoms with Crippen molar-refractivity contribution in [2.45, 2.75) is 39.7 Å². The Bertz CT molecular complexity index is 551. The van der Waals surface area contributed by atoms with Crippen LogP contribution in [0, 0.1) is 12.3 Å². The van der Waals surface area contributed by atoms with Crippen LogP contribution >= 0.6 is 15.9 Å². The molecule has 20 heavy (non-hydrogen) atoms. The highest BCUT2D eigenvalue weighted by atomic mass is 79.9. The number of anilines is 1. The molecule has 0 aromatic heterocycles. The standard InChI is InChI=1S/C15H19BrN2O2/c1-9-8-10(16)4-7-12(9)18-14(20)15(2,3)13(19)17-11-5-6-11/h4,7-8,11H,5-6H2,1-3H3,(H,17,19)(H,18,20). The summed E-state index contributed by atoms with van der Waals surface area (Å²) in [4.78, 5) is 24.4. The summed E-state index contributed by atoms with van der Waals surface area (Å²) in [5.74, 6) is -0.506. The molecule has 0 radical (unpaired) electrons. The van der Waals surface area contributed by atoms with Gasteiger partial charge in [-0.2, -0.15) is 0 Å². The second-order valence-corrected chi connectivity index (χ2v) is 6.70. The lowest BCUT2D eigenvalue weighted by Crippen LogP contribution is -2.45. The molecule has 2 amide bonds. The summed E-state index contributed by atoms with van der Waals surface area (Å²) in [6.45, 7) is 5.21. The number of benzene rings is 1. The minimum Gasteiger partial charge on any atom is -0.352 e. The first-order chi connectivity index (χ1) is 9.30. The predicted molar refractivity (Wildman–Crippen MR) is 82.5 cm³/mol. The van der Waals surface area contributed by atoms with Crippen LogP contribution in [0.2, 0.25) is 0 Å². The Kier molecular flexibility index (Phi) is 4.18. The van der Waals surface area contributed by atoms with Gasteiger partial charge in [0.05, 0.1) is 0 Å². The van der Waals surface area contributed by atoms with Gasteiger partial charge in [0.2, 0.25) is 11.8 Å². The van der Waals surface area contributed by atoms with Crippen LogP contribution in [0.25, 0.3) is 0 Å². The molecule has 2 rings (SSSR count). The predicted octanol–water partition coefficient (Wildman–Crippen LogP) is 3.00. The Labute approximate surface area is 127 Å². The number of halogens is 1. The number of amides is 2. The fourth-order valence-electron chi connectivity index (χ4n) is 1.74. The molecule has 108 valence electrons. The molecular weight excluding hydrogens is 320 g/mol. The molecule has 0 spiro atoms. The number of rotatable bonds is 4. The minimum atomic E-state index is -1.08. The highest BCUT2D eigenvalue weighted by molar-refractivity contribution is 9.10. The summed E-state index contributed by atoms with van der Waals surface area (Å²) in [5, 5.41) is 5.71. The monoisotopic (exact) mass is 338 g/mol. The lowest BCUT2D eigenvalue weighted by atomic mass is 9.90. The minimum absolute atomic E-state index is 0.215. The first-order valence-electron chi connectivity index (χ1n) is 6.69. The molecular formula is C15H19BrN2O2. The molecule has 1 saturated carbocycles. The van der Waals surface area contributed by atoms with Crippen LogP contribution in [0.4, 0.5) is 5.69 Å². The third-order valence-electron chi connectivity index (χ3n) is 3.48. The second-order valence-electron chi connectivity index (χ2n) is 5.79. The maximum absolute atomic E-state index is 12.3. The van der Waals surface area contributed by atoms with Crippen LogP contribution in [0.1, 0.15) is 32.3 Å². The van der Waals surface area contributed by atoms with Gasteiger partial charge in [-0.05, 0) is 57.4 Å². The van der Waals surface area contributed by atoms with Gasteiger partial charge >= 0.3 is 0 Å². The van der Waals surface area contributed by atoms with Gasteiger partial charge in [-0.15, -0.1) is 0 Å². The molecule has 2 N–H and O–H groups in total. The van der Waals surface area contributed by atoms with Crippen LogP contribution in [0.3, 0.4) is 0 Å². The molecule has 1 fully saturated rings. The largest absolute Gasteiger partial charge is 0.352 e. The van der Waals surface area contributed by atoms with Crippen molar-refractivity contribution in [1.29, 1.82) is 0 Å². The molecule has 4 nitrogen and oxygen atoms in total. The van der Waals surface area contributed by atoms with Crippen LogP contribution in [-0.2, 0) is 9.59 Å². The normalized spacial score (nSPS) is 14.8. The summed E-state index contributed by atoms with van der Waals surface area (Å²) in [7, 11) is 0. The Hall–Kier alpha value is -1.36. The zero-order valence-corrected chi connectivity index (χ0v) is 13.5. The van der Waals surface area contributed by atoms with Crippen molar-refractivity contribution in [3.8, 4) is 0 Å². The number of carbonyl (C=O) groups excluding carboxylic acids is 2. The smallest absolute Gasteiger partial charge is 0.239 e. The second kappa shape index (κ2) is 5.56. The molecule has 0 aliphatic heterocycles. The number of hydrogen-bond acceptors (Lipinski definition) is 2. The zero-order valence-electron chi connectivity index (χ0n) is 11.9. The number of carbonyl (C=O) groups is 2. The summed E-state index contributed by atoms with van der Waals surface area (Å²) in [5.41, 5.74) is 0.596. The van der Waals surface area contributed by atoms with Crippen molar-refractivity contribution in [3.05, 3.63) is 28.2 Å². The summed E-state index contributed by atoms with van der Waals surface area (Å²) in [6.07, 6.45) is 2.02. The number of aryl methyl sites for hydroxylation is 1. The van der Waals surface area contributed by atoms with Gasteiger partial charge in [-0.25, -0.2) is 0 Å². The third kappa shape index (κ3) is 3.39. The van der Waals surface area contributed by atoms with Gasteiger partial charge in [-0.3, -0.25) is 9.59 Å². The third-order valence-corrected chi connectivity index (χ3v) is 3.98. The highest BCUT2D eigenvalue weighted by Gasteiger charge is 2.38. The van der Waals surface area contributed by atoms with Gasteiger partial charge in [0.25, 0.3) is 0 Å². The summed E-state index contributed by atoms with van der Waals surface area (Å²) < 4.78 is 0.957. The summed E-state index contributed by atoms with van der Waals surface area (Å²) in [6, 6.07) is 5.86. The van der Waals surface area contributed by atoms with Gasteiger partial charge in [-0.1, -0.05) is 15.9 Å². The van der Waals surface area contributed by atoms with E-state index in [9.17, 15) is 9.59 Å². The molecule has 0 heterocycles. The topological polar surface area (TPSA) is 58.2 Å². The molecule has 0 unspecified atom stereocenters. The van der Waals surface area contributed by atoms with E-state index in [0.29, 0.717) is 0 Å². The van der Waals surface area contributed by atoms with E-state index in [1.807, 2.05) is 25.1 Å². The number of nitrogens with one attached hydrogen (secondary N) is 2. The molecule has 1 aromatic carbocycles. The van der Waals surface area contributed by atoms with Crippen LogP contribution < -0.4 is 10.6 Å². The van der Waals surface area contributed by atoms with E-state index in [4.69, 9.17) is 0 Å². The van der Waals surface area contributed by atoms with E-state index in [-0.39, 0.29) is 17.9 Å². The Morgan fingerprint density at radius 3 is 2.45 bits per heavy atom. The maximum Gasteiger partial charge on any atom is 0.239 e. The zero-order chi connectivity index (χ0) is 14.9. The van der Waals surface area contributed by atoms with E-state index >= 15 is 0 Å². The summed E-state index contributed by atoms with van der Waals surface area (Å²) >= 11 is 3.38. The first kappa shape index (κ1) is 15.0. The molecule has 0 atom stereocenters. The lowest BCUT2D eigenvalue weighted by Gasteiger charge is -2.23. The molecule has 5 heteroatoms. The average Bonchev–Trinajstić information content (AvgIpc) is 3.16. The lowest BCUT2D eigenvalue weighted by molar-refractivity contribution is -0.138. The Morgan fingerprint density at radius 1 is 1.25 bits per heavy atom. The molecule has 1 aromatic rings. The van der Waals surface area contributed by atoms with E-state index in [0.717, 1.165) is 28.6 Å².